The lowest BCUT2D eigenvalue weighted by Gasteiger charge is -2.25. The molecule has 1 heterocycles. The number of halogens is 1. The van der Waals surface area contributed by atoms with Gasteiger partial charge in [-0.15, -0.1) is 0 Å². The van der Waals surface area contributed by atoms with E-state index in [1.165, 1.54) is 0 Å². The van der Waals surface area contributed by atoms with Crippen molar-refractivity contribution in [2.45, 2.75) is 94.1 Å². The minimum Gasteiger partial charge on any atom is -0.490 e. The molecule has 1 amide bonds. The zero-order chi connectivity index (χ0) is 32.7. The highest BCUT2D eigenvalue weighted by Crippen LogP contribution is 2.53. The van der Waals surface area contributed by atoms with E-state index in [1.54, 1.807) is 6.20 Å². The minimum atomic E-state index is -1.73. The van der Waals surface area contributed by atoms with Crippen molar-refractivity contribution in [2.75, 3.05) is 13.2 Å². The number of aryl methyl sites for hydroxylation is 1. The molecule has 0 unspecified atom stereocenters. The molecule has 6 N–H and O–H groups in total. The molecule has 2 aliphatic rings. The van der Waals surface area contributed by atoms with E-state index in [2.05, 4.69) is 16.4 Å². The van der Waals surface area contributed by atoms with E-state index in [1.807, 2.05) is 48.7 Å². The molecule has 46 heavy (non-hydrogen) atoms. The molecule has 2 aliphatic carbocycles. The number of amides is 1. The van der Waals surface area contributed by atoms with Gasteiger partial charge in [0.05, 0.1) is 31.0 Å². The van der Waals surface area contributed by atoms with Gasteiger partial charge in [0.1, 0.15) is 24.1 Å². The van der Waals surface area contributed by atoms with Crippen LogP contribution in [0.4, 0.5) is 0 Å². The van der Waals surface area contributed by atoms with Crippen LogP contribution < -0.4 is 10.1 Å². The molecule has 5 rings (SSSR count). The van der Waals surface area contributed by atoms with Crippen LogP contribution in [-0.2, 0) is 28.2 Å². The first-order chi connectivity index (χ1) is 22.2. The number of nitrogens with one attached hydrogen (secondary N) is 1. The Hall–Kier alpha value is -3.09. The highest BCUT2D eigenvalue weighted by molar-refractivity contribution is 6.31. The van der Waals surface area contributed by atoms with Gasteiger partial charge >= 0.3 is 0 Å². The van der Waals surface area contributed by atoms with Crippen molar-refractivity contribution in [1.82, 2.24) is 10.3 Å². The number of nitrogens with zero attached hydrogens (tertiary/aromatic N) is 1. The zero-order valence-electron chi connectivity index (χ0n) is 25.7. The SMILES string of the molecule is O=C(CCCCc1ccc(Cl)c(COC2(c3cnccc3-c3ccccc3OC3CC3)CC2)c1)NC[C@@H](O)[C@H](O)[C@@H](O)[C@@H](O)CO. The summed E-state index contributed by atoms with van der Waals surface area (Å²) in [7, 11) is 0. The Balaban J connectivity index is 1.12. The molecule has 10 nitrogen and oxygen atoms in total. The molecule has 0 bridgehead atoms. The summed E-state index contributed by atoms with van der Waals surface area (Å²) in [5, 5.41) is 51.0. The third-order valence-electron chi connectivity index (χ3n) is 8.58. The predicted molar refractivity (Wildman–Crippen MR) is 172 cm³/mol. The number of aromatic nitrogens is 1. The van der Waals surface area contributed by atoms with E-state index in [0.29, 0.717) is 24.2 Å². The van der Waals surface area contributed by atoms with Gasteiger partial charge in [-0.2, -0.15) is 0 Å². The molecule has 3 aromatic rings. The second kappa shape index (κ2) is 15.7. The number of benzene rings is 2. The van der Waals surface area contributed by atoms with Crippen molar-refractivity contribution in [3.63, 3.8) is 0 Å². The van der Waals surface area contributed by atoms with Crippen molar-refractivity contribution in [2.24, 2.45) is 0 Å². The second-order valence-electron chi connectivity index (χ2n) is 12.3. The number of ether oxygens (including phenoxy) is 2. The number of aliphatic hydroxyl groups excluding tert-OH is 5. The Morgan fingerprint density at radius 3 is 2.50 bits per heavy atom. The van der Waals surface area contributed by atoms with Gasteiger partial charge < -0.3 is 40.3 Å². The van der Waals surface area contributed by atoms with Crippen molar-refractivity contribution in [1.29, 1.82) is 0 Å². The number of carbonyl (C=O) groups excluding carboxylic acids is 1. The lowest BCUT2D eigenvalue weighted by atomic mass is 9.96. The van der Waals surface area contributed by atoms with Crippen LogP contribution in [0, 0.1) is 0 Å². The fourth-order valence-electron chi connectivity index (χ4n) is 5.47. The number of rotatable bonds is 18. The average molecular weight is 655 g/mol. The Morgan fingerprint density at radius 2 is 1.76 bits per heavy atom. The molecule has 2 aromatic carbocycles. The van der Waals surface area contributed by atoms with Crippen LogP contribution in [0.15, 0.2) is 60.9 Å². The molecule has 248 valence electrons. The number of carbonyl (C=O) groups is 1. The molecule has 0 aliphatic heterocycles. The fraction of sp³-hybridized carbons (Fsp3) is 0.486. The van der Waals surface area contributed by atoms with E-state index in [0.717, 1.165) is 72.1 Å². The number of pyridine rings is 1. The number of aliphatic hydroxyl groups is 5. The summed E-state index contributed by atoms with van der Waals surface area (Å²) in [5.74, 6) is 0.576. The van der Waals surface area contributed by atoms with Crippen molar-refractivity contribution in [3.05, 3.63) is 82.6 Å². The third kappa shape index (κ3) is 8.83. The van der Waals surface area contributed by atoms with E-state index >= 15 is 0 Å². The quantitative estimate of drug-likeness (QED) is 0.113. The Labute approximate surface area is 274 Å². The van der Waals surface area contributed by atoms with Crippen LogP contribution in [0.5, 0.6) is 5.75 Å². The molecule has 0 radical (unpaired) electrons. The summed E-state index contributed by atoms with van der Waals surface area (Å²) in [6.45, 7) is -0.710. The molecular formula is C35H43ClN2O8. The van der Waals surface area contributed by atoms with E-state index in [-0.39, 0.29) is 18.9 Å². The van der Waals surface area contributed by atoms with Crippen LogP contribution >= 0.6 is 11.6 Å². The van der Waals surface area contributed by atoms with E-state index < -0.39 is 36.6 Å². The maximum absolute atomic E-state index is 12.2. The van der Waals surface area contributed by atoms with Gasteiger partial charge in [0, 0.05) is 41.5 Å². The summed E-state index contributed by atoms with van der Waals surface area (Å²) in [6.07, 6.45) is 3.71. The minimum absolute atomic E-state index is 0.221. The first-order valence-electron chi connectivity index (χ1n) is 15.9. The maximum Gasteiger partial charge on any atom is 0.220 e. The van der Waals surface area contributed by atoms with Gasteiger partial charge in [-0.3, -0.25) is 9.78 Å². The number of hydrogen-bond donors (Lipinski definition) is 6. The zero-order valence-corrected chi connectivity index (χ0v) is 26.5. The van der Waals surface area contributed by atoms with Crippen LogP contribution in [0.25, 0.3) is 11.1 Å². The average Bonchev–Trinajstić information content (AvgIpc) is 4.02. The monoisotopic (exact) mass is 654 g/mol. The number of unbranched alkanes of at least 4 members (excludes halogenated alkanes) is 1. The summed E-state index contributed by atoms with van der Waals surface area (Å²) in [5.41, 5.74) is 4.69. The number of hydrogen-bond acceptors (Lipinski definition) is 9. The topological polar surface area (TPSA) is 162 Å². The van der Waals surface area contributed by atoms with Crippen molar-refractivity contribution < 1.29 is 39.8 Å². The lowest BCUT2D eigenvalue weighted by Crippen LogP contribution is -2.49. The summed E-state index contributed by atoms with van der Waals surface area (Å²) in [4.78, 5) is 16.7. The molecule has 2 fully saturated rings. The normalized spacial score (nSPS) is 18.0. The number of para-hydroxylation sites is 1. The second-order valence-corrected chi connectivity index (χ2v) is 12.7. The van der Waals surface area contributed by atoms with Gasteiger partial charge in [-0.05, 0) is 79.8 Å². The Kier molecular flexibility index (Phi) is 11.7. The van der Waals surface area contributed by atoms with Gasteiger partial charge in [0.2, 0.25) is 5.91 Å². The molecule has 0 saturated heterocycles. The lowest BCUT2D eigenvalue weighted by molar-refractivity contribution is -0.126. The van der Waals surface area contributed by atoms with Crippen LogP contribution in [-0.4, -0.2) is 80.1 Å². The standard InChI is InChI=1S/C35H43ClN2O8/c36-28-12-9-22(5-1-4-8-32(42)38-19-29(40)33(43)34(44)30(41)20-39)17-23(28)21-45-35(14-15-35)27-18-37-16-13-25(27)26-6-2-3-7-31(26)46-24-10-11-24/h2-3,6-7,9,12-13,16-18,24,29-30,33-34,39-41,43-44H,1,4-5,8,10-11,14-15,19-21H2,(H,38,42)/t29-,30+,33+,34+/m1/s1. The highest BCUT2D eigenvalue weighted by atomic mass is 35.5. The van der Waals surface area contributed by atoms with Crippen LogP contribution in [0.3, 0.4) is 0 Å². The van der Waals surface area contributed by atoms with Crippen molar-refractivity contribution >= 4 is 17.5 Å². The van der Waals surface area contributed by atoms with Crippen LogP contribution in [0.1, 0.15) is 61.6 Å². The molecule has 11 heteroatoms. The van der Waals surface area contributed by atoms with Crippen LogP contribution in [0.2, 0.25) is 5.02 Å². The maximum atomic E-state index is 12.2. The summed E-state index contributed by atoms with van der Waals surface area (Å²) >= 11 is 6.58. The van der Waals surface area contributed by atoms with E-state index in [9.17, 15) is 25.2 Å². The summed E-state index contributed by atoms with van der Waals surface area (Å²) in [6, 6.07) is 16.0. The smallest absolute Gasteiger partial charge is 0.220 e. The molecule has 0 spiro atoms. The van der Waals surface area contributed by atoms with Gasteiger partial charge in [0.25, 0.3) is 0 Å². The van der Waals surface area contributed by atoms with Crippen molar-refractivity contribution in [3.8, 4) is 16.9 Å². The largest absolute Gasteiger partial charge is 0.490 e. The molecule has 1 aromatic heterocycles. The Bertz CT molecular complexity index is 1460. The van der Waals surface area contributed by atoms with Gasteiger partial charge in [0.15, 0.2) is 0 Å². The molecule has 4 atom stereocenters. The van der Waals surface area contributed by atoms with Gasteiger partial charge in [-0.1, -0.05) is 41.9 Å². The van der Waals surface area contributed by atoms with Gasteiger partial charge in [-0.25, -0.2) is 0 Å². The predicted octanol–water partition coefficient (Wildman–Crippen LogP) is 3.41. The Morgan fingerprint density at radius 1 is 1.00 bits per heavy atom. The first kappa shape index (κ1) is 34.3. The third-order valence-corrected chi connectivity index (χ3v) is 8.95. The highest BCUT2D eigenvalue weighted by Gasteiger charge is 2.48. The van der Waals surface area contributed by atoms with E-state index in [4.69, 9.17) is 26.2 Å². The molecular weight excluding hydrogens is 612 g/mol. The fourth-order valence-corrected chi connectivity index (χ4v) is 5.64. The first-order valence-corrected chi connectivity index (χ1v) is 16.3. The molecule has 2 saturated carbocycles. The summed E-state index contributed by atoms with van der Waals surface area (Å²) < 4.78 is 12.8.